The molecule has 1 aliphatic rings. The molecular weight excluding hydrogens is 284 g/mol. The van der Waals surface area contributed by atoms with Gasteiger partial charge in [0.05, 0.1) is 6.54 Å². The van der Waals surface area contributed by atoms with Crippen molar-refractivity contribution in [2.75, 3.05) is 0 Å². The largest absolute Gasteiger partial charge is 0.257 e. The van der Waals surface area contributed by atoms with Crippen LogP contribution in [0.25, 0.3) is 0 Å². The summed E-state index contributed by atoms with van der Waals surface area (Å²) in [4.78, 5) is 0. The van der Waals surface area contributed by atoms with Gasteiger partial charge in [-0.2, -0.15) is 0 Å². The van der Waals surface area contributed by atoms with Gasteiger partial charge in [0.15, 0.2) is 5.21 Å². The average molecular weight is 313 g/mol. The molecule has 124 valence electrons. The molecule has 1 aliphatic carbocycles. The molecule has 1 aromatic carbocycles. The molecule has 4 nitrogen and oxygen atoms in total. The van der Waals surface area contributed by atoms with Gasteiger partial charge < -0.3 is 0 Å². The molecule has 0 bridgehead atoms. The lowest BCUT2D eigenvalue weighted by atomic mass is 10.0. The Morgan fingerprint density at radius 3 is 2.70 bits per heavy atom. The van der Waals surface area contributed by atoms with E-state index in [0.29, 0.717) is 0 Å². The van der Waals surface area contributed by atoms with E-state index >= 15 is 0 Å². The maximum absolute atomic E-state index is 4.46. The second-order valence-corrected chi connectivity index (χ2v) is 6.79. The fraction of sp³-hybridized carbons (Fsp3) is 0.632. The number of unbranched alkanes of at least 4 members (excludes halogenated alkanes) is 1. The summed E-state index contributed by atoms with van der Waals surface area (Å²) in [6, 6.07) is 10.7. The molecular formula is C19H29N4+. The van der Waals surface area contributed by atoms with E-state index in [0.717, 1.165) is 31.8 Å². The Morgan fingerprint density at radius 1 is 1.17 bits per heavy atom. The van der Waals surface area contributed by atoms with Crippen LogP contribution >= 0.6 is 0 Å². The number of tetrazole rings is 1. The molecule has 0 radical (unpaired) electrons. The smallest absolute Gasteiger partial charge is 0.137 e. The van der Waals surface area contributed by atoms with Gasteiger partial charge in [0.2, 0.25) is 0 Å². The van der Waals surface area contributed by atoms with Crippen molar-refractivity contribution in [1.82, 2.24) is 15.1 Å². The third-order valence-electron chi connectivity index (χ3n) is 4.98. The Labute approximate surface area is 139 Å². The summed E-state index contributed by atoms with van der Waals surface area (Å²) in [5.74, 6) is 2.16. The first-order chi connectivity index (χ1) is 11.4. The normalized spacial score (nSPS) is 15.3. The molecule has 0 atom stereocenters. The fourth-order valence-electron chi connectivity index (χ4n) is 3.55. The molecule has 2 aromatic rings. The quantitative estimate of drug-likeness (QED) is 0.701. The Kier molecular flexibility index (Phi) is 5.78. The highest BCUT2D eigenvalue weighted by molar-refractivity contribution is 5.14. The number of hydrogen-bond donors (Lipinski definition) is 0. The Morgan fingerprint density at radius 2 is 1.96 bits per heavy atom. The van der Waals surface area contributed by atoms with Gasteiger partial charge in [0, 0.05) is 12.8 Å². The van der Waals surface area contributed by atoms with E-state index in [2.05, 4.69) is 57.0 Å². The van der Waals surface area contributed by atoms with E-state index < -0.39 is 0 Å². The molecule has 1 aromatic heterocycles. The van der Waals surface area contributed by atoms with Crippen LogP contribution in [-0.2, 0) is 25.9 Å². The van der Waals surface area contributed by atoms with Crippen LogP contribution < -0.4 is 4.68 Å². The number of hydrogen-bond acceptors (Lipinski definition) is 2. The number of aromatic nitrogens is 4. The molecule has 1 fully saturated rings. The lowest BCUT2D eigenvalue weighted by Crippen LogP contribution is -2.41. The fourth-order valence-corrected chi connectivity index (χ4v) is 3.55. The van der Waals surface area contributed by atoms with Crippen LogP contribution in [-0.4, -0.2) is 15.1 Å². The molecule has 3 rings (SSSR count). The summed E-state index contributed by atoms with van der Waals surface area (Å²) >= 11 is 0. The van der Waals surface area contributed by atoms with Gasteiger partial charge in [-0.1, -0.05) is 61.2 Å². The standard InChI is InChI=1S/C19H29N4/c1-2-3-14-22-19(16-18-11-7-8-12-18)23(21-20-22)15-13-17-9-5-4-6-10-17/h4-6,9-10,18H,2-3,7-8,11-16H2,1H3/q+1. The monoisotopic (exact) mass is 313 g/mol. The van der Waals surface area contributed by atoms with Gasteiger partial charge in [-0.15, -0.1) is 4.68 Å². The molecule has 0 N–H and O–H groups in total. The van der Waals surface area contributed by atoms with Crippen molar-refractivity contribution in [3.8, 4) is 0 Å². The first kappa shape index (κ1) is 16.2. The van der Waals surface area contributed by atoms with Gasteiger partial charge in [-0.25, -0.2) is 0 Å². The van der Waals surface area contributed by atoms with Crippen molar-refractivity contribution in [1.29, 1.82) is 0 Å². The summed E-state index contributed by atoms with van der Waals surface area (Å²) in [6.07, 6.45) is 10.1. The van der Waals surface area contributed by atoms with Crippen LogP contribution in [0, 0.1) is 5.92 Å². The zero-order valence-electron chi connectivity index (χ0n) is 14.3. The lowest BCUT2D eigenvalue weighted by Gasteiger charge is -2.07. The molecule has 0 amide bonds. The van der Waals surface area contributed by atoms with Crippen molar-refractivity contribution >= 4 is 0 Å². The van der Waals surface area contributed by atoms with Crippen LogP contribution in [0.15, 0.2) is 30.3 Å². The maximum Gasteiger partial charge on any atom is 0.257 e. The molecule has 23 heavy (non-hydrogen) atoms. The predicted octanol–water partition coefficient (Wildman–Crippen LogP) is 3.34. The Balaban J connectivity index is 1.70. The van der Waals surface area contributed by atoms with Crippen LogP contribution in [0.3, 0.4) is 0 Å². The second kappa shape index (κ2) is 8.23. The second-order valence-electron chi connectivity index (χ2n) is 6.79. The van der Waals surface area contributed by atoms with Crippen molar-refractivity contribution in [3.63, 3.8) is 0 Å². The minimum absolute atomic E-state index is 0.830. The number of benzene rings is 1. The number of nitrogens with zero attached hydrogens (tertiary/aromatic N) is 4. The van der Waals surface area contributed by atoms with Crippen molar-refractivity contribution < 1.29 is 4.68 Å². The first-order valence-electron chi connectivity index (χ1n) is 9.23. The summed E-state index contributed by atoms with van der Waals surface area (Å²) in [7, 11) is 0. The number of aryl methyl sites for hydroxylation is 3. The van der Waals surface area contributed by atoms with Crippen LogP contribution in [0.1, 0.15) is 56.8 Å². The van der Waals surface area contributed by atoms with E-state index in [-0.39, 0.29) is 0 Å². The third-order valence-corrected chi connectivity index (χ3v) is 4.98. The zero-order valence-corrected chi connectivity index (χ0v) is 14.3. The van der Waals surface area contributed by atoms with E-state index in [1.165, 1.54) is 49.9 Å². The topological polar surface area (TPSA) is 34.6 Å². The molecule has 0 saturated heterocycles. The minimum Gasteiger partial charge on any atom is -0.137 e. The summed E-state index contributed by atoms with van der Waals surface area (Å²) < 4.78 is 4.31. The Hall–Kier alpha value is -1.71. The lowest BCUT2D eigenvalue weighted by molar-refractivity contribution is -0.761. The molecule has 4 heteroatoms. The van der Waals surface area contributed by atoms with Crippen molar-refractivity contribution in [3.05, 3.63) is 41.7 Å². The molecule has 0 unspecified atom stereocenters. The highest BCUT2D eigenvalue weighted by Crippen LogP contribution is 2.27. The molecule has 0 spiro atoms. The molecule has 1 saturated carbocycles. The van der Waals surface area contributed by atoms with E-state index in [9.17, 15) is 0 Å². The molecule has 1 heterocycles. The summed E-state index contributed by atoms with van der Waals surface area (Å²) in [5, 5.41) is 8.89. The van der Waals surface area contributed by atoms with Gasteiger partial charge in [0.25, 0.3) is 5.82 Å². The maximum atomic E-state index is 4.46. The van der Waals surface area contributed by atoms with Crippen molar-refractivity contribution in [2.45, 2.75) is 71.4 Å². The van der Waals surface area contributed by atoms with E-state index in [4.69, 9.17) is 0 Å². The minimum atomic E-state index is 0.830. The van der Waals surface area contributed by atoms with E-state index in [1.54, 1.807) is 0 Å². The van der Waals surface area contributed by atoms with Gasteiger partial charge in [0.1, 0.15) is 11.8 Å². The first-order valence-corrected chi connectivity index (χ1v) is 9.23. The predicted molar refractivity (Wildman–Crippen MR) is 90.9 cm³/mol. The number of rotatable bonds is 8. The van der Waals surface area contributed by atoms with E-state index in [1.807, 2.05) is 0 Å². The zero-order chi connectivity index (χ0) is 15.9. The van der Waals surface area contributed by atoms with Crippen LogP contribution in [0.2, 0.25) is 0 Å². The highest BCUT2D eigenvalue weighted by atomic mass is 15.6. The Bertz CT molecular complexity index is 585. The highest BCUT2D eigenvalue weighted by Gasteiger charge is 2.25. The SMILES string of the molecule is CCCC[n+]1nnn(CCc2ccccc2)c1CC1CCCC1. The summed E-state index contributed by atoms with van der Waals surface area (Å²) in [6.45, 7) is 4.17. The third kappa shape index (κ3) is 4.40. The summed E-state index contributed by atoms with van der Waals surface area (Å²) in [5.41, 5.74) is 1.37. The van der Waals surface area contributed by atoms with Gasteiger partial charge in [-0.05, 0) is 30.7 Å². The molecule has 0 aliphatic heterocycles. The van der Waals surface area contributed by atoms with Gasteiger partial charge in [-0.3, -0.25) is 0 Å². The van der Waals surface area contributed by atoms with Crippen LogP contribution in [0.4, 0.5) is 0 Å². The van der Waals surface area contributed by atoms with Crippen LogP contribution in [0.5, 0.6) is 0 Å². The van der Waals surface area contributed by atoms with Crippen molar-refractivity contribution in [2.24, 2.45) is 5.92 Å². The van der Waals surface area contributed by atoms with Gasteiger partial charge >= 0.3 is 0 Å². The average Bonchev–Trinajstić information content (AvgIpc) is 3.23.